The Morgan fingerprint density at radius 1 is 0.568 bits per heavy atom. The number of esters is 2. The fraction of sp³-hybridized carbons (Fsp3) is 0.631. The van der Waals surface area contributed by atoms with Crippen molar-refractivity contribution in [3.63, 3.8) is 0 Å². The highest BCUT2D eigenvalue weighted by Crippen LogP contribution is 2.71. The number of oxazole rings is 2. The number of fused-ring (bicyclic) bond motifs is 12. The summed E-state index contributed by atoms with van der Waals surface area (Å²) in [4.78, 5) is 88.8. The van der Waals surface area contributed by atoms with Gasteiger partial charge >= 0.3 is 11.9 Å². The molecule has 0 aliphatic heterocycles. The summed E-state index contributed by atoms with van der Waals surface area (Å²) in [7, 11) is 0. The number of nitrogens with zero attached hydrogens (tertiary/aromatic N) is 2. The van der Waals surface area contributed by atoms with Gasteiger partial charge in [-0.05, 0) is 185 Å². The van der Waals surface area contributed by atoms with Gasteiger partial charge in [-0.2, -0.15) is 0 Å². The summed E-state index contributed by atoms with van der Waals surface area (Å²) in [6, 6.07) is 15.0. The zero-order valence-electron chi connectivity index (χ0n) is 47.1. The molecule has 8 saturated carbocycles. The minimum atomic E-state index is -1.28. The summed E-state index contributed by atoms with van der Waals surface area (Å²) in [6.45, 7) is 8.64. The molecule has 8 fully saturated rings. The molecule has 2 aromatic carbocycles. The Kier molecular flexibility index (Phi) is 13.9. The monoisotopic (exact) mass is 1140 g/mol. The van der Waals surface area contributed by atoms with Gasteiger partial charge in [0.25, 0.3) is 10.4 Å². The average Bonchev–Trinajstić information content (AvgIpc) is 2.41. The second kappa shape index (κ2) is 20.4. The van der Waals surface area contributed by atoms with Crippen LogP contribution in [0.25, 0.3) is 22.2 Å². The molecule has 14 atom stereocenters. The molecule has 10 aliphatic rings. The van der Waals surface area contributed by atoms with E-state index in [0.29, 0.717) is 60.1 Å². The molecular formula is C65H76N2O12S2. The van der Waals surface area contributed by atoms with E-state index in [1.165, 1.54) is 34.7 Å². The molecule has 0 spiro atoms. The van der Waals surface area contributed by atoms with E-state index in [1.807, 2.05) is 60.7 Å². The Balaban J connectivity index is 0.000000153. The van der Waals surface area contributed by atoms with Crippen LogP contribution < -0.4 is 0 Å². The number of para-hydroxylation sites is 4. The fourth-order valence-corrected chi connectivity index (χ4v) is 20.1. The first-order valence-electron chi connectivity index (χ1n) is 30.1. The van der Waals surface area contributed by atoms with E-state index >= 15 is 0 Å². The number of ether oxygens (including phenoxy) is 2. The summed E-state index contributed by atoms with van der Waals surface area (Å²) in [6.07, 6.45) is 16.0. The van der Waals surface area contributed by atoms with Gasteiger partial charge in [-0.15, -0.1) is 0 Å². The van der Waals surface area contributed by atoms with Crippen LogP contribution in [-0.2, 0) is 38.2 Å². The third kappa shape index (κ3) is 8.92. The van der Waals surface area contributed by atoms with Crippen LogP contribution >= 0.6 is 23.5 Å². The van der Waals surface area contributed by atoms with E-state index in [9.17, 15) is 39.0 Å². The standard InChI is InChI=1S/C33H39NO6S.C32H37NO6S/c1-31-14-12-21(35)16-20(31)10-11-22-23-13-15-33(40-29(38)19-6-5-7-19,32(23,2)17-25(36)28(22)31)27(37)18-41-30-34-24-8-3-4-9-26(24)39-30;1-30-13-11-20(34)15-19(30)9-10-21-22-12-14-32(39-28(37)18-7-8-18,31(22,2)16-24(35)27(21)30)26(36)17-40-29-33-23-5-3-4-6-25(23)38-29/h3-4,8-9,16,19,22-23,25,28,36H,5-7,10-15,17-18H2,1-2H3;3-6,15,18,21-22,24,27,35H,7-14,16-17H2,1-2H3/t22?,23?,25-,28?,31?,32?,33-;21?,22?,24-,27?,30?,31?,32-/m00/s1. The maximum atomic E-state index is 14.4. The summed E-state index contributed by atoms with van der Waals surface area (Å²) >= 11 is 2.50. The van der Waals surface area contributed by atoms with Gasteiger partial charge in [0, 0.05) is 23.7 Å². The van der Waals surface area contributed by atoms with Crippen LogP contribution in [0.2, 0.25) is 0 Å². The summed E-state index contributed by atoms with van der Waals surface area (Å²) < 4.78 is 24.5. The highest BCUT2D eigenvalue weighted by molar-refractivity contribution is 8.00. The van der Waals surface area contributed by atoms with Gasteiger partial charge < -0.3 is 28.5 Å². The van der Waals surface area contributed by atoms with Crippen LogP contribution in [0, 0.1) is 69.0 Å². The first kappa shape index (κ1) is 55.3. The molecule has 430 valence electrons. The number of benzene rings is 2. The van der Waals surface area contributed by atoms with Crippen molar-refractivity contribution in [2.45, 2.75) is 184 Å². The zero-order chi connectivity index (χ0) is 56.4. The van der Waals surface area contributed by atoms with Crippen molar-refractivity contribution in [2.24, 2.45) is 69.0 Å². The number of rotatable bonds is 12. The van der Waals surface area contributed by atoms with E-state index in [1.54, 1.807) is 0 Å². The predicted molar refractivity (Wildman–Crippen MR) is 303 cm³/mol. The predicted octanol–water partition coefficient (Wildman–Crippen LogP) is 11.8. The number of hydrogen-bond acceptors (Lipinski definition) is 16. The summed E-state index contributed by atoms with van der Waals surface area (Å²) in [5, 5.41) is 24.6. The Hall–Kier alpha value is -4.90. The van der Waals surface area contributed by atoms with Gasteiger partial charge in [-0.3, -0.25) is 28.8 Å². The number of ketones is 4. The number of Topliss-reactive ketones (excluding diaryl/α,β-unsaturated/α-hetero) is 2. The van der Waals surface area contributed by atoms with Gasteiger partial charge in [-0.25, -0.2) is 9.97 Å². The van der Waals surface area contributed by atoms with Gasteiger partial charge in [0.15, 0.2) is 45.5 Å². The maximum absolute atomic E-state index is 14.4. The molecule has 10 aliphatic carbocycles. The molecule has 0 amide bonds. The topological polar surface area (TPSA) is 213 Å². The number of carbonyl (C=O) groups excluding carboxylic acids is 6. The van der Waals surface area contributed by atoms with Gasteiger partial charge in [0.1, 0.15) is 11.0 Å². The van der Waals surface area contributed by atoms with Crippen molar-refractivity contribution in [3.05, 3.63) is 71.8 Å². The Bertz CT molecular complexity index is 3240. The van der Waals surface area contributed by atoms with E-state index in [4.69, 9.17) is 18.3 Å². The number of thioether (sulfide) groups is 2. The molecule has 4 aromatic rings. The number of hydrogen-bond donors (Lipinski definition) is 2. The number of aliphatic hydroxyl groups excluding tert-OH is 2. The zero-order valence-corrected chi connectivity index (χ0v) is 48.7. The quantitative estimate of drug-likeness (QED) is 0.0997. The lowest BCUT2D eigenvalue weighted by molar-refractivity contribution is -0.204. The second-order valence-corrected chi connectivity index (χ2v) is 28.8. The second-order valence-electron chi connectivity index (χ2n) is 26.9. The third-order valence-electron chi connectivity index (χ3n) is 23.0. The smallest absolute Gasteiger partial charge is 0.309 e. The lowest BCUT2D eigenvalue weighted by Crippen LogP contribution is -2.63. The van der Waals surface area contributed by atoms with E-state index < -0.39 is 34.2 Å². The number of aliphatic hydroxyl groups is 2. The first-order valence-corrected chi connectivity index (χ1v) is 32.1. The molecule has 0 radical (unpaired) electrons. The van der Waals surface area contributed by atoms with Crippen LogP contribution in [0.15, 0.2) is 91.1 Å². The number of aromatic nitrogens is 2. The molecule has 2 aromatic heterocycles. The lowest BCUT2D eigenvalue weighted by atomic mass is 9.45. The van der Waals surface area contributed by atoms with Crippen molar-refractivity contribution >= 4 is 80.8 Å². The fourth-order valence-electron chi connectivity index (χ4n) is 18.5. The Morgan fingerprint density at radius 3 is 1.38 bits per heavy atom. The number of carbonyl (C=O) groups is 6. The molecule has 0 bridgehead atoms. The molecule has 14 rings (SSSR count). The van der Waals surface area contributed by atoms with Crippen molar-refractivity contribution in [3.8, 4) is 0 Å². The largest absolute Gasteiger partial charge is 0.450 e. The summed E-state index contributed by atoms with van der Waals surface area (Å²) in [5.74, 6) is 0.327. The minimum Gasteiger partial charge on any atom is -0.450 e. The third-order valence-corrected chi connectivity index (χ3v) is 24.7. The molecule has 10 unspecified atom stereocenters. The lowest BCUT2D eigenvalue weighted by Gasteiger charge is -2.60. The maximum Gasteiger partial charge on any atom is 0.309 e. The van der Waals surface area contributed by atoms with Gasteiger partial charge in [0.2, 0.25) is 0 Å². The Morgan fingerprint density at radius 2 is 0.988 bits per heavy atom. The highest BCUT2D eigenvalue weighted by atomic mass is 32.2. The van der Waals surface area contributed by atoms with E-state index in [2.05, 4.69) is 37.7 Å². The minimum absolute atomic E-state index is 0.0380. The molecule has 16 heteroatoms. The molecule has 2 heterocycles. The SMILES string of the molecule is CC12CCC(=O)C=C1CCC1C2[C@@H](O)CC2(C)C1CC[C@]2(OC(=O)C1CC1)C(=O)CSc1nc2ccccc2o1.CC12CCC(=O)C=C1CCC1C2[C@@H](O)CC2(C)C1CC[C@]2(OC(=O)C1CCC1)C(=O)CSc1nc2ccccc2o1. The van der Waals surface area contributed by atoms with Crippen LogP contribution in [0.1, 0.15) is 150 Å². The van der Waals surface area contributed by atoms with Crippen molar-refractivity contribution in [2.75, 3.05) is 11.5 Å². The summed E-state index contributed by atoms with van der Waals surface area (Å²) in [5.41, 5.74) is 0.878. The van der Waals surface area contributed by atoms with Crippen LogP contribution in [0.3, 0.4) is 0 Å². The molecular weight excluding hydrogens is 1060 g/mol. The van der Waals surface area contributed by atoms with Gasteiger partial charge in [-0.1, -0.05) is 93.1 Å². The van der Waals surface area contributed by atoms with Crippen molar-refractivity contribution in [1.29, 1.82) is 0 Å². The van der Waals surface area contributed by atoms with Crippen LogP contribution in [0.4, 0.5) is 0 Å². The highest BCUT2D eigenvalue weighted by Gasteiger charge is 2.72. The van der Waals surface area contributed by atoms with Crippen LogP contribution in [-0.4, -0.2) is 90.2 Å². The average molecular weight is 1140 g/mol. The van der Waals surface area contributed by atoms with Crippen molar-refractivity contribution < 1.29 is 57.3 Å². The molecule has 14 nitrogen and oxygen atoms in total. The van der Waals surface area contributed by atoms with Crippen LogP contribution in [0.5, 0.6) is 0 Å². The molecule has 81 heavy (non-hydrogen) atoms. The van der Waals surface area contributed by atoms with Crippen molar-refractivity contribution in [1.82, 2.24) is 9.97 Å². The number of allylic oxidation sites excluding steroid dienone is 2. The first-order chi connectivity index (χ1) is 38.8. The van der Waals surface area contributed by atoms with E-state index in [-0.39, 0.29) is 105 Å². The normalized spacial score (nSPS) is 38.6. The molecule has 2 N–H and O–H groups in total. The van der Waals surface area contributed by atoms with Gasteiger partial charge in [0.05, 0.1) is 35.5 Å². The molecule has 0 saturated heterocycles. The van der Waals surface area contributed by atoms with E-state index in [0.717, 1.165) is 94.5 Å². The Labute approximate surface area is 481 Å².